The van der Waals surface area contributed by atoms with E-state index in [9.17, 15) is 30.4 Å². The second kappa shape index (κ2) is 37.9. The second-order valence-corrected chi connectivity index (χ2v) is 19.6. The van der Waals surface area contributed by atoms with Gasteiger partial charge in [-0.25, -0.2) is 0 Å². The molecule has 0 amide bonds. The van der Waals surface area contributed by atoms with Crippen molar-refractivity contribution in [3.8, 4) is 5.75 Å². The summed E-state index contributed by atoms with van der Waals surface area (Å²) in [5, 5.41) is 34.0. The van der Waals surface area contributed by atoms with Crippen molar-refractivity contribution in [3.05, 3.63) is 132 Å². The van der Waals surface area contributed by atoms with E-state index in [2.05, 4.69) is 128 Å². The molecule has 0 radical (unpaired) electrons. The zero-order valence-electron chi connectivity index (χ0n) is 44.2. The quantitative estimate of drug-likeness (QED) is 0.0708. The van der Waals surface area contributed by atoms with Crippen molar-refractivity contribution < 1.29 is 42.9 Å². The van der Waals surface area contributed by atoms with Gasteiger partial charge < -0.3 is 10.4 Å². The Bertz CT molecular complexity index is 2720. The van der Waals surface area contributed by atoms with Gasteiger partial charge in [0.25, 0.3) is 30.4 Å². The molecule has 0 saturated heterocycles. The minimum Gasteiger partial charge on any atom is -0.507 e. The average Bonchev–Trinajstić information content (AvgIpc) is 3.35. The molecule has 0 unspecified atom stereocenters. The van der Waals surface area contributed by atoms with Gasteiger partial charge in [-0.3, -0.25) is 12.5 Å². The number of phenolic OH excluding ortho intramolecular Hbond substituents is 1. The van der Waals surface area contributed by atoms with Crippen LogP contribution in [0, 0.1) is 0 Å². The van der Waals surface area contributed by atoms with Crippen LogP contribution in [0.3, 0.4) is 0 Å². The molecule has 71 heavy (non-hydrogen) atoms. The molecule has 392 valence electrons. The van der Waals surface area contributed by atoms with E-state index in [4.69, 9.17) is 0 Å². The van der Waals surface area contributed by atoms with Crippen molar-refractivity contribution in [1.29, 1.82) is 0 Å². The van der Waals surface area contributed by atoms with Gasteiger partial charge in [-0.05, 0) is 70.6 Å². The molecule has 2 N–H and O–H groups in total. The second-order valence-electron chi connectivity index (χ2n) is 14.4. The van der Waals surface area contributed by atoms with Gasteiger partial charge in [0, 0.05) is 19.7 Å². The molecule has 6 aromatic carbocycles. The Balaban J connectivity index is 0. The zero-order valence-corrected chi connectivity index (χ0v) is 46.6. The van der Waals surface area contributed by atoms with Crippen LogP contribution in [0.15, 0.2) is 147 Å². The largest absolute Gasteiger partial charge is 0.507 e. The third kappa shape index (κ3) is 29.1. The number of azo groups is 2. The molecule has 0 aliphatic rings. The summed E-state index contributed by atoms with van der Waals surface area (Å²) in [5.74, 6) is -0.238. The SMILES string of the molecule is CC.CCC.CCC.CCC.CCNc1ccc2cc(S(=O)(=O)OC)cc(O)c2c1N=Nc1ccc(C=Cc2ccc(N=NC)cc2)cc1.COS(C)(=O)=O.COS(C)(=O)=O.c1ccc2ccccc2c1. The molecule has 0 atom stereocenters. The normalized spacial score (nSPS) is 10.8. The van der Waals surface area contributed by atoms with Crippen LogP contribution >= 0.6 is 0 Å². The van der Waals surface area contributed by atoms with Crippen LogP contribution in [0.1, 0.15) is 92.7 Å². The first-order chi connectivity index (χ1) is 33.7. The lowest BCUT2D eigenvalue weighted by molar-refractivity contribution is 0.396. The van der Waals surface area contributed by atoms with E-state index in [-0.39, 0.29) is 10.6 Å². The Kier molecular flexibility index (Phi) is 35.8. The first-order valence-corrected chi connectivity index (χ1v) is 28.1. The number of hydrogen-bond acceptors (Lipinski definition) is 15. The average molecular weight is 1040 g/mol. The summed E-state index contributed by atoms with van der Waals surface area (Å²) in [4.78, 5) is -0.143. The third-order valence-electron chi connectivity index (χ3n) is 7.92. The summed E-state index contributed by atoms with van der Waals surface area (Å²) in [5.41, 5.74) is 4.51. The summed E-state index contributed by atoms with van der Waals surface area (Å²) < 4.78 is 75.8. The number of aromatic hydroxyl groups is 1. The highest BCUT2D eigenvalue weighted by molar-refractivity contribution is 7.87. The Morgan fingerprint density at radius 1 is 0.535 bits per heavy atom. The summed E-state index contributed by atoms with van der Waals surface area (Å²) in [6.07, 6.45) is 9.73. The van der Waals surface area contributed by atoms with Crippen molar-refractivity contribution in [2.45, 2.75) is 86.5 Å². The predicted molar refractivity (Wildman–Crippen MR) is 297 cm³/mol. The summed E-state index contributed by atoms with van der Waals surface area (Å²) in [6, 6.07) is 38.1. The lowest BCUT2D eigenvalue weighted by Crippen LogP contribution is -2.03. The molecule has 0 heterocycles. The van der Waals surface area contributed by atoms with Crippen LogP contribution in [-0.4, -0.2) is 77.8 Å². The molecule has 18 heteroatoms. The summed E-state index contributed by atoms with van der Waals surface area (Å²) >= 11 is 0. The molecular formula is C53H77N5O10S3. The van der Waals surface area contributed by atoms with Crippen molar-refractivity contribution >= 4 is 86.8 Å². The fourth-order valence-corrected chi connectivity index (χ4v) is 5.65. The minimum atomic E-state index is -3.97. The number of benzene rings is 6. The molecule has 0 bridgehead atoms. The van der Waals surface area contributed by atoms with Gasteiger partial charge in [0.05, 0.1) is 61.2 Å². The molecule has 6 aromatic rings. The Labute approximate surface area is 425 Å². The van der Waals surface area contributed by atoms with Crippen molar-refractivity contribution in [2.75, 3.05) is 52.8 Å². The van der Waals surface area contributed by atoms with Crippen molar-refractivity contribution in [1.82, 2.24) is 0 Å². The fourth-order valence-electron chi connectivity index (χ4n) is 4.93. The Morgan fingerprint density at radius 3 is 1.25 bits per heavy atom. The first-order valence-electron chi connectivity index (χ1n) is 23.1. The van der Waals surface area contributed by atoms with Gasteiger partial charge in [-0.15, -0.1) is 5.11 Å². The highest BCUT2D eigenvalue weighted by atomic mass is 32.2. The van der Waals surface area contributed by atoms with Crippen molar-refractivity contribution in [2.24, 2.45) is 20.5 Å². The van der Waals surface area contributed by atoms with Gasteiger partial charge in [-0.2, -0.15) is 40.6 Å². The zero-order chi connectivity index (χ0) is 54.5. The summed E-state index contributed by atoms with van der Waals surface area (Å²) in [6.45, 7) is 19.3. The fraction of sp³-hybridized carbons (Fsp3) is 0.358. The van der Waals surface area contributed by atoms with Crippen LogP contribution < -0.4 is 5.32 Å². The van der Waals surface area contributed by atoms with Gasteiger partial charge >= 0.3 is 0 Å². The number of nitrogens with zero attached hydrogens (tertiary/aromatic N) is 4. The topological polar surface area (TPSA) is 212 Å². The van der Waals surface area contributed by atoms with Gasteiger partial charge in [0.1, 0.15) is 11.4 Å². The monoisotopic (exact) mass is 1040 g/mol. The van der Waals surface area contributed by atoms with Crippen LogP contribution in [0.2, 0.25) is 0 Å². The molecule has 15 nitrogen and oxygen atoms in total. The predicted octanol–water partition coefficient (Wildman–Crippen LogP) is 14.9. The number of rotatable bonds is 11. The number of fused-ring (bicyclic) bond motifs is 2. The summed E-state index contributed by atoms with van der Waals surface area (Å²) in [7, 11) is -5.35. The lowest BCUT2D eigenvalue weighted by atomic mass is 10.1. The Morgan fingerprint density at radius 2 is 0.915 bits per heavy atom. The standard InChI is InChI=1S/C28H27N5O4S.C10H8.3C3H8.2C2H6O3S.C2H6/c1-4-30-25-16-11-21-17-24(38(35,36)37-3)18-26(34)27(21)28(25)33-32-23-14-9-20(10-15-23)6-5-19-7-12-22(13-8-19)31-29-2;1-2-6-10-8-4-3-7-9(10)5-1;3*1-3-2;2*1-5-6(2,3)4;1-2/h5-18,30,34H,4H2,1-3H3;1-8H;3*3H2,1-2H3;2*1-2H3;1-2H3. The molecule has 0 spiro atoms. The first kappa shape index (κ1) is 67.2. The molecular weight excluding hydrogens is 963 g/mol. The van der Waals surface area contributed by atoms with E-state index in [0.717, 1.165) is 56.7 Å². The van der Waals surface area contributed by atoms with Crippen LogP contribution in [0.4, 0.5) is 22.7 Å². The lowest BCUT2D eigenvalue weighted by Gasteiger charge is -2.12. The van der Waals surface area contributed by atoms with Gasteiger partial charge in [0.2, 0.25) is 0 Å². The van der Waals surface area contributed by atoms with Crippen LogP contribution in [-0.2, 0) is 42.9 Å². The number of anilines is 1. The molecule has 0 saturated carbocycles. The maximum absolute atomic E-state index is 12.2. The molecule has 0 aliphatic carbocycles. The molecule has 6 rings (SSSR count). The van der Waals surface area contributed by atoms with Gasteiger partial charge in [-0.1, -0.05) is 166 Å². The van der Waals surface area contributed by atoms with Crippen LogP contribution in [0.5, 0.6) is 5.75 Å². The molecule has 0 aromatic heterocycles. The van der Waals surface area contributed by atoms with E-state index in [0.29, 0.717) is 34.4 Å². The highest BCUT2D eigenvalue weighted by Crippen LogP contribution is 2.41. The van der Waals surface area contributed by atoms with Crippen molar-refractivity contribution in [3.63, 3.8) is 0 Å². The smallest absolute Gasteiger partial charge is 0.296 e. The third-order valence-corrected chi connectivity index (χ3v) is 10.4. The Hall–Kier alpha value is -5.89. The van der Waals surface area contributed by atoms with Crippen LogP contribution in [0.25, 0.3) is 33.7 Å². The molecule has 0 aliphatic heterocycles. The number of hydrogen-bond donors (Lipinski definition) is 2. The molecule has 0 fully saturated rings. The number of phenols is 1. The van der Waals surface area contributed by atoms with E-state index < -0.39 is 30.4 Å². The van der Waals surface area contributed by atoms with Gasteiger partial charge in [0.15, 0.2) is 0 Å². The minimum absolute atomic E-state index is 0.143. The highest BCUT2D eigenvalue weighted by Gasteiger charge is 2.19. The van der Waals surface area contributed by atoms with E-state index in [1.165, 1.54) is 36.1 Å². The maximum Gasteiger partial charge on any atom is 0.296 e. The van der Waals surface area contributed by atoms with E-state index in [1.54, 1.807) is 19.2 Å². The maximum atomic E-state index is 12.2. The van der Waals surface area contributed by atoms with E-state index >= 15 is 0 Å². The van der Waals surface area contributed by atoms with E-state index in [1.807, 2.05) is 81.5 Å². The number of nitrogens with one attached hydrogen (secondary N) is 1.